The highest BCUT2D eigenvalue weighted by atomic mass is 35.5. The standard InChI is InChI=1S/C15H19ClO4/c1-3-19-15(18)13(17)11-6-9(2)7-12(16)14(11)20-8-10-4-5-10/h6-7,10,13,17H,3-5,8H2,1-2H3. The quantitative estimate of drug-likeness (QED) is 0.820. The van der Waals surface area contributed by atoms with Gasteiger partial charge in [-0.25, -0.2) is 4.79 Å². The molecule has 0 saturated heterocycles. The van der Waals surface area contributed by atoms with E-state index in [9.17, 15) is 9.90 Å². The lowest BCUT2D eigenvalue weighted by molar-refractivity contribution is -0.153. The second-order valence-electron chi connectivity index (χ2n) is 5.07. The molecule has 0 bridgehead atoms. The molecule has 0 spiro atoms. The Morgan fingerprint density at radius 1 is 1.50 bits per heavy atom. The Hall–Kier alpha value is -1.26. The zero-order valence-electron chi connectivity index (χ0n) is 11.7. The van der Waals surface area contributed by atoms with Gasteiger partial charge in [0.1, 0.15) is 5.75 Å². The van der Waals surface area contributed by atoms with Crippen LogP contribution >= 0.6 is 11.6 Å². The molecule has 1 aromatic carbocycles. The Balaban J connectivity index is 2.25. The van der Waals surface area contributed by atoms with Crippen LogP contribution in [0.5, 0.6) is 5.75 Å². The van der Waals surface area contributed by atoms with Gasteiger partial charge < -0.3 is 14.6 Å². The number of ether oxygens (including phenoxy) is 2. The molecular weight excluding hydrogens is 280 g/mol. The fourth-order valence-corrected chi connectivity index (χ4v) is 2.28. The number of carbonyl (C=O) groups excluding carboxylic acids is 1. The normalized spacial score (nSPS) is 15.8. The van der Waals surface area contributed by atoms with Crippen LogP contribution in [0.2, 0.25) is 5.02 Å². The highest BCUT2D eigenvalue weighted by Gasteiger charge is 2.27. The smallest absolute Gasteiger partial charge is 0.339 e. The third-order valence-electron chi connectivity index (χ3n) is 3.18. The summed E-state index contributed by atoms with van der Waals surface area (Å²) in [6.07, 6.45) is 0.930. The molecule has 0 radical (unpaired) electrons. The number of hydrogen-bond acceptors (Lipinski definition) is 4. The van der Waals surface area contributed by atoms with Crippen molar-refractivity contribution in [2.45, 2.75) is 32.8 Å². The molecule has 0 aliphatic heterocycles. The van der Waals surface area contributed by atoms with Crippen molar-refractivity contribution in [2.24, 2.45) is 5.92 Å². The summed E-state index contributed by atoms with van der Waals surface area (Å²) >= 11 is 6.18. The van der Waals surface area contributed by atoms with Gasteiger partial charge in [-0.1, -0.05) is 11.6 Å². The molecule has 1 aromatic rings. The van der Waals surface area contributed by atoms with E-state index < -0.39 is 12.1 Å². The maximum Gasteiger partial charge on any atom is 0.339 e. The number of esters is 1. The summed E-state index contributed by atoms with van der Waals surface area (Å²) in [5.74, 6) is 0.245. The van der Waals surface area contributed by atoms with Crippen molar-refractivity contribution in [1.29, 1.82) is 0 Å². The summed E-state index contributed by atoms with van der Waals surface area (Å²) in [6, 6.07) is 3.46. The number of rotatable bonds is 6. The van der Waals surface area contributed by atoms with Crippen LogP contribution in [0.15, 0.2) is 12.1 Å². The van der Waals surface area contributed by atoms with Crippen molar-refractivity contribution in [3.8, 4) is 5.75 Å². The Labute approximate surface area is 123 Å². The van der Waals surface area contributed by atoms with Crippen LogP contribution in [-0.4, -0.2) is 24.3 Å². The van der Waals surface area contributed by atoms with Crippen molar-refractivity contribution in [3.05, 3.63) is 28.3 Å². The van der Waals surface area contributed by atoms with E-state index in [0.29, 0.717) is 28.9 Å². The van der Waals surface area contributed by atoms with Gasteiger partial charge in [0, 0.05) is 5.56 Å². The summed E-state index contributed by atoms with van der Waals surface area (Å²) < 4.78 is 10.5. The van der Waals surface area contributed by atoms with E-state index in [1.807, 2.05) is 6.92 Å². The van der Waals surface area contributed by atoms with Crippen molar-refractivity contribution >= 4 is 17.6 Å². The van der Waals surface area contributed by atoms with Crippen LogP contribution in [0.1, 0.15) is 37.0 Å². The van der Waals surface area contributed by atoms with Gasteiger partial charge in [-0.3, -0.25) is 0 Å². The van der Waals surface area contributed by atoms with E-state index in [1.54, 1.807) is 19.1 Å². The van der Waals surface area contributed by atoms with Gasteiger partial charge in [-0.2, -0.15) is 0 Å². The molecule has 1 saturated carbocycles. The highest BCUT2D eigenvalue weighted by Crippen LogP contribution is 2.37. The molecule has 2 rings (SSSR count). The second-order valence-corrected chi connectivity index (χ2v) is 5.48. The number of aliphatic hydroxyl groups is 1. The van der Waals surface area contributed by atoms with Crippen LogP contribution < -0.4 is 4.74 Å². The first-order chi connectivity index (χ1) is 9.52. The first-order valence-electron chi connectivity index (χ1n) is 6.80. The number of carbonyl (C=O) groups is 1. The average Bonchev–Trinajstić information content (AvgIpc) is 3.20. The summed E-state index contributed by atoms with van der Waals surface area (Å²) in [5, 5.41) is 10.5. The predicted molar refractivity (Wildman–Crippen MR) is 76.0 cm³/mol. The van der Waals surface area contributed by atoms with Gasteiger partial charge in [-0.15, -0.1) is 0 Å². The first-order valence-corrected chi connectivity index (χ1v) is 7.18. The van der Waals surface area contributed by atoms with Crippen LogP contribution in [-0.2, 0) is 9.53 Å². The highest BCUT2D eigenvalue weighted by molar-refractivity contribution is 6.32. The topological polar surface area (TPSA) is 55.8 Å². The molecule has 1 aliphatic carbocycles. The van der Waals surface area contributed by atoms with Gasteiger partial charge in [0.05, 0.1) is 18.2 Å². The van der Waals surface area contributed by atoms with E-state index in [4.69, 9.17) is 21.1 Å². The molecule has 0 aromatic heterocycles. The SMILES string of the molecule is CCOC(=O)C(O)c1cc(C)cc(Cl)c1OCC1CC1. The van der Waals surface area contributed by atoms with Gasteiger partial charge in [0.2, 0.25) is 0 Å². The van der Waals surface area contributed by atoms with E-state index in [0.717, 1.165) is 18.4 Å². The molecule has 20 heavy (non-hydrogen) atoms. The first kappa shape index (κ1) is 15.1. The number of hydrogen-bond donors (Lipinski definition) is 1. The zero-order chi connectivity index (χ0) is 14.7. The maximum absolute atomic E-state index is 11.7. The largest absolute Gasteiger partial charge is 0.491 e. The molecule has 0 heterocycles. The molecule has 1 fully saturated rings. The minimum atomic E-state index is -1.37. The van der Waals surface area contributed by atoms with E-state index in [-0.39, 0.29) is 6.61 Å². The maximum atomic E-state index is 11.7. The molecule has 1 unspecified atom stereocenters. The number of benzene rings is 1. The van der Waals surface area contributed by atoms with Crippen molar-refractivity contribution < 1.29 is 19.4 Å². The second kappa shape index (κ2) is 6.46. The van der Waals surface area contributed by atoms with Crippen LogP contribution in [0.25, 0.3) is 0 Å². The third kappa shape index (κ3) is 3.64. The van der Waals surface area contributed by atoms with Crippen molar-refractivity contribution in [1.82, 2.24) is 0 Å². The summed E-state index contributed by atoms with van der Waals surface area (Å²) in [7, 11) is 0. The van der Waals surface area contributed by atoms with Gasteiger partial charge in [-0.05, 0) is 50.3 Å². The third-order valence-corrected chi connectivity index (χ3v) is 3.46. The monoisotopic (exact) mass is 298 g/mol. The number of halogens is 1. The molecule has 4 nitrogen and oxygen atoms in total. The lowest BCUT2D eigenvalue weighted by Gasteiger charge is -2.17. The molecule has 1 aliphatic rings. The van der Waals surface area contributed by atoms with Gasteiger partial charge in [0.25, 0.3) is 0 Å². The van der Waals surface area contributed by atoms with E-state index >= 15 is 0 Å². The lowest BCUT2D eigenvalue weighted by atomic mass is 10.1. The van der Waals surface area contributed by atoms with Gasteiger partial charge >= 0.3 is 5.97 Å². The number of aryl methyl sites for hydroxylation is 1. The van der Waals surface area contributed by atoms with E-state index in [1.165, 1.54) is 0 Å². The predicted octanol–water partition coefficient (Wildman–Crippen LogP) is 3.03. The molecule has 0 amide bonds. The Bertz CT molecular complexity index is 497. The zero-order valence-corrected chi connectivity index (χ0v) is 12.4. The molecule has 110 valence electrons. The van der Waals surface area contributed by atoms with Crippen LogP contribution in [0.4, 0.5) is 0 Å². The molecule has 1 N–H and O–H groups in total. The van der Waals surface area contributed by atoms with Gasteiger partial charge in [0.15, 0.2) is 6.10 Å². The summed E-state index contributed by atoms with van der Waals surface area (Å²) in [5.41, 5.74) is 1.22. The van der Waals surface area contributed by atoms with Crippen molar-refractivity contribution in [2.75, 3.05) is 13.2 Å². The Morgan fingerprint density at radius 2 is 2.20 bits per heavy atom. The Kier molecular flexibility index (Phi) is 4.89. The molecule has 5 heteroatoms. The van der Waals surface area contributed by atoms with E-state index in [2.05, 4.69) is 0 Å². The average molecular weight is 299 g/mol. The summed E-state index contributed by atoms with van der Waals surface area (Å²) in [4.78, 5) is 11.7. The van der Waals surface area contributed by atoms with Crippen molar-refractivity contribution in [3.63, 3.8) is 0 Å². The lowest BCUT2D eigenvalue weighted by Crippen LogP contribution is -2.17. The minimum Gasteiger partial charge on any atom is -0.491 e. The van der Waals surface area contributed by atoms with Crippen LogP contribution in [0, 0.1) is 12.8 Å². The fraction of sp³-hybridized carbons (Fsp3) is 0.533. The minimum absolute atomic E-state index is 0.216. The summed E-state index contributed by atoms with van der Waals surface area (Å²) in [6.45, 7) is 4.31. The number of aliphatic hydroxyl groups excluding tert-OH is 1. The van der Waals surface area contributed by atoms with Crippen LogP contribution in [0.3, 0.4) is 0 Å². The molecule has 1 atom stereocenters. The molecular formula is C15H19ClO4. The fourth-order valence-electron chi connectivity index (χ4n) is 1.95. The Morgan fingerprint density at radius 3 is 2.80 bits per heavy atom.